The van der Waals surface area contributed by atoms with Crippen LogP contribution in [-0.4, -0.2) is 14.2 Å². The highest BCUT2D eigenvalue weighted by Crippen LogP contribution is 2.72. The van der Waals surface area contributed by atoms with E-state index < -0.39 is 0 Å². The molecule has 0 aromatic heterocycles. The van der Waals surface area contributed by atoms with Gasteiger partial charge in [-0.2, -0.15) is 0 Å². The van der Waals surface area contributed by atoms with E-state index in [0.717, 1.165) is 35.3 Å². The van der Waals surface area contributed by atoms with Crippen molar-refractivity contribution in [1.82, 2.24) is 5.32 Å². The summed E-state index contributed by atoms with van der Waals surface area (Å²) in [5.74, 6) is 6.02. The Balaban J connectivity index is 1.64. The van der Waals surface area contributed by atoms with Crippen LogP contribution in [0.5, 0.6) is 5.75 Å². The van der Waals surface area contributed by atoms with Crippen molar-refractivity contribution in [3.63, 3.8) is 0 Å². The lowest BCUT2D eigenvalue weighted by molar-refractivity contribution is 0.383. The maximum atomic E-state index is 5.47. The molecule has 0 aliphatic heterocycles. The molecule has 5 atom stereocenters. The third kappa shape index (κ3) is 1.88. The van der Waals surface area contributed by atoms with E-state index in [0.29, 0.717) is 6.04 Å². The Bertz CT molecular complexity index is 551. The molecular formula is C19H27NO. The van der Waals surface area contributed by atoms with Crippen LogP contribution in [0.4, 0.5) is 0 Å². The van der Waals surface area contributed by atoms with Crippen LogP contribution in [0, 0.1) is 43.4 Å². The summed E-state index contributed by atoms with van der Waals surface area (Å²) in [7, 11) is 3.90. The van der Waals surface area contributed by atoms with Crippen LogP contribution < -0.4 is 10.1 Å². The fourth-order valence-corrected chi connectivity index (χ4v) is 5.76. The van der Waals surface area contributed by atoms with Crippen molar-refractivity contribution in [3.8, 4) is 5.75 Å². The second-order valence-electron chi connectivity index (χ2n) is 7.51. The summed E-state index contributed by atoms with van der Waals surface area (Å²) < 4.78 is 5.47. The maximum Gasteiger partial charge on any atom is 0.122 e. The lowest BCUT2D eigenvalue weighted by Crippen LogP contribution is -2.23. The standard InChI is InChI=1S/C19H27NO/c1-10-8-15(21-4)11(2)7-14(10)19(20-3)18-16-12-5-6-13(9-12)17(16)18/h7-8,12-13,16-20H,5-6,9H2,1-4H3. The van der Waals surface area contributed by atoms with Gasteiger partial charge < -0.3 is 10.1 Å². The van der Waals surface area contributed by atoms with Crippen LogP contribution in [0.15, 0.2) is 12.1 Å². The van der Waals surface area contributed by atoms with Gasteiger partial charge in [0.05, 0.1) is 7.11 Å². The van der Waals surface area contributed by atoms with Crippen LogP contribution >= 0.6 is 0 Å². The van der Waals surface area contributed by atoms with Crippen LogP contribution in [0.2, 0.25) is 0 Å². The van der Waals surface area contributed by atoms with Crippen molar-refractivity contribution >= 4 is 0 Å². The van der Waals surface area contributed by atoms with Crippen LogP contribution in [0.1, 0.15) is 42.0 Å². The molecular weight excluding hydrogens is 258 g/mol. The third-order valence-corrected chi connectivity index (χ3v) is 6.61. The zero-order valence-electron chi connectivity index (χ0n) is 13.6. The molecule has 3 saturated carbocycles. The number of rotatable bonds is 4. The second kappa shape index (κ2) is 4.74. The molecule has 0 saturated heterocycles. The first-order valence-corrected chi connectivity index (χ1v) is 8.48. The molecule has 3 fully saturated rings. The largest absolute Gasteiger partial charge is 0.496 e. The smallest absolute Gasteiger partial charge is 0.122 e. The fourth-order valence-electron chi connectivity index (χ4n) is 5.76. The van der Waals surface area contributed by atoms with E-state index in [-0.39, 0.29) is 0 Å². The van der Waals surface area contributed by atoms with Crippen molar-refractivity contribution in [2.45, 2.75) is 39.2 Å². The highest BCUT2D eigenvalue weighted by atomic mass is 16.5. The number of aryl methyl sites for hydroxylation is 2. The van der Waals surface area contributed by atoms with Gasteiger partial charge in [0, 0.05) is 6.04 Å². The maximum absolute atomic E-state index is 5.47. The zero-order chi connectivity index (χ0) is 14.7. The van der Waals surface area contributed by atoms with E-state index in [4.69, 9.17) is 4.74 Å². The van der Waals surface area contributed by atoms with Gasteiger partial charge in [-0.1, -0.05) is 6.07 Å². The SMILES string of the molecule is CNC(c1cc(C)c(OC)cc1C)C1C2C3CCC(C3)C21. The molecule has 21 heavy (non-hydrogen) atoms. The van der Waals surface area contributed by atoms with Crippen molar-refractivity contribution in [3.05, 3.63) is 28.8 Å². The van der Waals surface area contributed by atoms with E-state index in [1.54, 1.807) is 7.11 Å². The number of benzene rings is 1. The van der Waals surface area contributed by atoms with E-state index in [1.165, 1.54) is 36.0 Å². The molecule has 1 N–H and O–H groups in total. The number of methoxy groups -OCH3 is 1. The molecule has 2 heteroatoms. The summed E-state index contributed by atoms with van der Waals surface area (Å²) in [6.45, 7) is 4.39. The van der Waals surface area contributed by atoms with Gasteiger partial charge >= 0.3 is 0 Å². The Kier molecular flexibility index (Phi) is 3.08. The molecule has 5 unspecified atom stereocenters. The van der Waals surface area contributed by atoms with Gasteiger partial charge in [-0.05, 0) is 92.5 Å². The highest BCUT2D eigenvalue weighted by Gasteiger charge is 2.66. The Morgan fingerprint density at radius 3 is 2.33 bits per heavy atom. The van der Waals surface area contributed by atoms with Crippen molar-refractivity contribution in [1.29, 1.82) is 0 Å². The van der Waals surface area contributed by atoms with E-state index in [2.05, 4.69) is 38.3 Å². The molecule has 0 spiro atoms. The number of hydrogen-bond acceptors (Lipinski definition) is 2. The molecule has 114 valence electrons. The molecule has 0 heterocycles. The topological polar surface area (TPSA) is 21.3 Å². The quantitative estimate of drug-likeness (QED) is 0.907. The van der Waals surface area contributed by atoms with E-state index >= 15 is 0 Å². The second-order valence-corrected chi connectivity index (χ2v) is 7.51. The van der Waals surface area contributed by atoms with Gasteiger partial charge in [0.1, 0.15) is 5.75 Å². The minimum Gasteiger partial charge on any atom is -0.496 e. The number of ether oxygens (including phenoxy) is 1. The molecule has 0 radical (unpaired) electrons. The molecule has 3 aliphatic carbocycles. The summed E-state index contributed by atoms with van der Waals surface area (Å²) in [6, 6.07) is 5.10. The normalized spacial score (nSPS) is 37.4. The summed E-state index contributed by atoms with van der Waals surface area (Å²) >= 11 is 0. The van der Waals surface area contributed by atoms with Gasteiger partial charge in [-0.3, -0.25) is 0 Å². The summed E-state index contributed by atoms with van der Waals surface area (Å²) in [5, 5.41) is 3.64. The number of fused-ring (bicyclic) bond motifs is 5. The average molecular weight is 285 g/mol. The van der Waals surface area contributed by atoms with Gasteiger partial charge in [0.15, 0.2) is 0 Å². The Morgan fingerprint density at radius 1 is 1.10 bits per heavy atom. The van der Waals surface area contributed by atoms with Gasteiger partial charge in [0.25, 0.3) is 0 Å². The first kappa shape index (κ1) is 13.6. The van der Waals surface area contributed by atoms with E-state index in [1.807, 2.05) is 0 Å². The molecule has 1 aromatic carbocycles. The van der Waals surface area contributed by atoms with E-state index in [9.17, 15) is 0 Å². The monoisotopic (exact) mass is 285 g/mol. The predicted molar refractivity (Wildman–Crippen MR) is 85.6 cm³/mol. The minimum absolute atomic E-state index is 0.535. The molecule has 3 aliphatic rings. The van der Waals surface area contributed by atoms with Crippen molar-refractivity contribution in [2.75, 3.05) is 14.2 Å². The van der Waals surface area contributed by atoms with Gasteiger partial charge in [0.2, 0.25) is 0 Å². The Morgan fingerprint density at radius 2 is 1.76 bits per heavy atom. The molecule has 2 nitrogen and oxygen atoms in total. The first-order chi connectivity index (χ1) is 10.2. The minimum atomic E-state index is 0.535. The van der Waals surface area contributed by atoms with Gasteiger partial charge in [-0.25, -0.2) is 0 Å². The van der Waals surface area contributed by atoms with Crippen LogP contribution in [-0.2, 0) is 0 Å². The van der Waals surface area contributed by atoms with Crippen molar-refractivity contribution in [2.24, 2.45) is 29.6 Å². The average Bonchev–Trinajstić information content (AvgIpc) is 2.90. The summed E-state index contributed by atoms with van der Waals surface area (Å²) in [6.07, 6.45) is 4.53. The Hall–Kier alpha value is -1.02. The molecule has 4 rings (SSSR count). The fraction of sp³-hybridized carbons (Fsp3) is 0.684. The molecule has 1 aromatic rings. The number of hydrogen-bond donors (Lipinski definition) is 1. The lowest BCUT2D eigenvalue weighted by Gasteiger charge is -2.23. The zero-order valence-corrected chi connectivity index (χ0v) is 13.6. The lowest BCUT2D eigenvalue weighted by atomic mass is 9.90. The Labute approximate surface area is 128 Å². The summed E-state index contributed by atoms with van der Waals surface area (Å²) in [4.78, 5) is 0. The first-order valence-electron chi connectivity index (χ1n) is 8.48. The van der Waals surface area contributed by atoms with Crippen molar-refractivity contribution < 1.29 is 4.74 Å². The highest BCUT2D eigenvalue weighted by molar-refractivity contribution is 5.44. The third-order valence-electron chi connectivity index (χ3n) is 6.61. The predicted octanol–water partition coefficient (Wildman–Crippen LogP) is 3.86. The summed E-state index contributed by atoms with van der Waals surface area (Å²) in [5.41, 5.74) is 4.12. The molecule has 2 bridgehead atoms. The molecule has 0 amide bonds. The number of nitrogens with one attached hydrogen (secondary N) is 1. The van der Waals surface area contributed by atoms with Crippen LogP contribution in [0.25, 0.3) is 0 Å². The van der Waals surface area contributed by atoms with Gasteiger partial charge in [-0.15, -0.1) is 0 Å². The van der Waals surface area contributed by atoms with Crippen LogP contribution in [0.3, 0.4) is 0 Å².